The fraction of sp³-hybridized carbons (Fsp3) is 0.263. The first-order chi connectivity index (χ1) is 14.1. The summed E-state index contributed by atoms with van der Waals surface area (Å²) in [6.45, 7) is -0.785. The first-order valence-electron chi connectivity index (χ1n) is 8.84. The van der Waals surface area contributed by atoms with Crippen LogP contribution in [0.4, 0.5) is 10.1 Å². The van der Waals surface area contributed by atoms with E-state index in [9.17, 15) is 22.4 Å². The van der Waals surface area contributed by atoms with E-state index >= 15 is 0 Å². The normalized spacial score (nSPS) is 16.9. The van der Waals surface area contributed by atoms with Crippen LogP contribution in [0.25, 0.3) is 0 Å². The number of methoxy groups -OCH3 is 1. The number of hydrogen-bond donors (Lipinski definition) is 2. The third-order valence-corrected chi connectivity index (χ3v) is 6.78. The van der Waals surface area contributed by atoms with E-state index in [2.05, 4.69) is 5.32 Å². The molecule has 0 bridgehead atoms. The van der Waals surface area contributed by atoms with Crippen LogP contribution in [0, 0.1) is 11.7 Å². The van der Waals surface area contributed by atoms with Gasteiger partial charge in [-0.15, -0.1) is 12.4 Å². The van der Waals surface area contributed by atoms with Gasteiger partial charge in [-0.1, -0.05) is 11.6 Å². The fourth-order valence-corrected chi connectivity index (χ4v) is 4.70. The Kier molecular flexibility index (Phi) is 7.74. The highest BCUT2D eigenvalue weighted by Gasteiger charge is 2.38. The van der Waals surface area contributed by atoms with Crippen LogP contribution in [0.5, 0.6) is 5.75 Å². The third kappa shape index (κ3) is 5.20. The highest BCUT2D eigenvalue weighted by atomic mass is 35.5. The number of amides is 2. The van der Waals surface area contributed by atoms with Gasteiger partial charge >= 0.3 is 0 Å². The minimum Gasteiger partial charge on any atom is -0.496 e. The van der Waals surface area contributed by atoms with Crippen LogP contribution >= 0.6 is 24.0 Å². The van der Waals surface area contributed by atoms with Gasteiger partial charge in [-0.3, -0.25) is 9.59 Å². The Bertz CT molecular complexity index is 1110. The van der Waals surface area contributed by atoms with E-state index in [-0.39, 0.29) is 41.0 Å². The van der Waals surface area contributed by atoms with E-state index in [1.165, 1.54) is 37.4 Å². The van der Waals surface area contributed by atoms with Crippen molar-refractivity contribution in [3.05, 3.63) is 52.8 Å². The van der Waals surface area contributed by atoms with Gasteiger partial charge in [-0.25, -0.2) is 17.1 Å². The van der Waals surface area contributed by atoms with Crippen molar-refractivity contribution in [3.63, 3.8) is 0 Å². The molecule has 2 amide bonds. The number of sulfonamides is 1. The van der Waals surface area contributed by atoms with Crippen molar-refractivity contribution in [2.75, 3.05) is 25.9 Å². The predicted octanol–water partition coefficient (Wildman–Crippen LogP) is 2.00. The maximum atomic E-state index is 13.7. The molecule has 1 aliphatic heterocycles. The Hall–Kier alpha value is -2.56. The Labute approximate surface area is 190 Å². The molecule has 0 radical (unpaired) electrons. The molecule has 1 saturated heterocycles. The molecule has 0 spiro atoms. The van der Waals surface area contributed by atoms with E-state index in [1.807, 2.05) is 0 Å². The summed E-state index contributed by atoms with van der Waals surface area (Å²) in [5, 5.41) is 2.68. The molecule has 2 aromatic carbocycles. The molecule has 31 heavy (non-hydrogen) atoms. The first kappa shape index (κ1) is 24.7. The van der Waals surface area contributed by atoms with Gasteiger partial charge in [0.05, 0.1) is 28.6 Å². The van der Waals surface area contributed by atoms with Crippen LogP contribution < -0.4 is 15.8 Å². The summed E-state index contributed by atoms with van der Waals surface area (Å²) < 4.78 is 45.6. The highest BCUT2D eigenvalue weighted by Crippen LogP contribution is 2.28. The second-order valence-corrected chi connectivity index (χ2v) is 8.96. The molecule has 1 fully saturated rings. The Morgan fingerprint density at radius 2 is 1.97 bits per heavy atom. The average Bonchev–Trinajstić information content (AvgIpc) is 2.84. The molecule has 0 aliphatic carbocycles. The monoisotopic (exact) mass is 491 g/mol. The summed E-state index contributed by atoms with van der Waals surface area (Å²) in [5.41, 5.74) is 6.08. The summed E-state index contributed by atoms with van der Waals surface area (Å²) >= 11 is 5.84. The minimum atomic E-state index is -4.38. The molecule has 1 unspecified atom stereocenters. The number of nitrogens with zero attached hydrogens (tertiary/aromatic N) is 1. The van der Waals surface area contributed by atoms with Crippen LogP contribution in [-0.2, 0) is 26.0 Å². The van der Waals surface area contributed by atoms with Gasteiger partial charge in [0.2, 0.25) is 11.8 Å². The zero-order valence-corrected chi connectivity index (χ0v) is 18.7. The van der Waals surface area contributed by atoms with Crippen molar-refractivity contribution < 1.29 is 27.1 Å². The SMILES string of the molecule is COc1ccc(F)cc1CC1CNC(=O)CN(S(=O)(=O)c2ccc(Cl)c(N)c2)C1=O.Cl. The molecule has 168 valence electrons. The number of benzene rings is 2. The summed E-state index contributed by atoms with van der Waals surface area (Å²) in [4.78, 5) is 25.0. The van der Waals surface area contributed by atoms with Crippen molar-refractivity contribution in [2.24, 2.45) is 5.92 Å². The number of nitrogen functional groups attached to an aromatic ring is 1. The summed E-state index contributed by atoms with van der Waals surface area (Å²) in [7, 11) is -2.98. The Morgan fingerprint density at radius 3 is 2.61 bits per heavy atom. The predicted molar refractivity (Wildman–Crippen MR) is 115 cm³/mol. The van der Waals surface area contributed by atoms with Crippen molar-refractivity contribution in [3.8, 4) is 5.75 Å². The van der Waals surface area contributed by atoms with Gasteiger partial charge in [-0.05, 0) is 48.4 Å². The van der Waals surface area contributed by atoms with Crippen LogP contribution in [0.1, 0.15) is 5.56 Å². The van der Waals surface area contributed by atoms with Gasteiger partial charge in [0, 0.05) is 6.54 Å². The van der Waals surface area contributed by atoms with Gasteiger partial charge in [0.25, 0.3) is 10.0 Å². The van der Waals surface area contributed by atoms with Crippen molar-refractivity contribution in [1.82, 2.24) is 9.62 Å². The number of hydrogen-bond acceptors (Lipinski definition) is 6. The van der Waals surface area contributed by atoms with Gasteiger partial charge in [0.15, 0.2) is 0 Å². The van der Waals surface area contributed by atoms with Crippen LogP contribution in [0.15, 0.2) is 41.3 Å². The zero-order chi connectivity index (χ0) is 22.1. The lowest BCUT2D eigenvalue weighted by molar-refractivity contribution is -0.131. The molecule has 3 N–H and O–H groups in total. The highest BCUT2D eigenvalue weighted by molar-refractivity contribution is 7.89. The molecule has 0 aromatic heterocycles. The van der Waals surface area contributed by atoms with Crippen LogP contribution in [0.2, 0.25) is 5.02 Å². The average molecular weight is 492 g/mol. The number of anilines is 1. The molecule has 12 heteroatoms. The molecule has 0 saturated carbocycles. The fourth-order valence-electron chi connectivity index (χ4n) is 3.14. The van der Waals surface area contributed by atoms with E-state index in [4.69, 9.17) is 22.1 Å². The largest absolute Gasteiger partial charge is 0.496 e. The lowest BCUT2D eigenvalue weighted by Gasteiger charge is -2.23. The number of nitrogens with one attached hydrogen (secondary N) is 1. The standard InChI is InChI=1S/C19H19ClFN3O5S.ClH/c1-29-17-5-2-13(21)7-11(17)6-12-9-23-18(25)10-24(19(12)26)30(27,28)14-3-4-15(20)16(22)8-14;/h2-5,7-8,12H,6,9-10,22H2,1H3,(H,23,25);1H. The van der Waals surface area contributed by atoms with Gasteiger partial charge in [0.1, 0.15) is 18.1 Å². The number of carbonyl (C=O) groups excluding carboxylic acids is 2. The quantitative estimate of drug-likeness (QED) is 0.617. The second-order valence-electron chi connectivity index (χ2n) is 6.69. The molecule has 2 aromatic rings. The molecule has 1 heterocycles. The molecule has 8 nitrogen and oxygen atoms in total. The maximum Gasteiger partial charge on any atom is 0.267 e. The van der Waals surface area contributed by atoms with Crippen molar-refractivity contribution in [2.45, 2.75) is 11.3 Å². The third-order valence-electron chi connectivity index (χ3n) is 4.69. The van der Waals surface area contributed by atoms with E-state index < -0.39 is 40.1 Å². The first-order valence-corrected chi connectivity index (χ1v) is 10.7. The molecule has 1 aliphatic rings. The Morgan fingerprint density at radius 1 is 1.26 bits per heavy atom. The van der Waals surface area contributed by atoms with E-state index in [0.717, 1.165) is 6.07 Å². The maximum absolute atomic E-state index is 13.7. The number of ether oxygens (including phenoxy) is 1. The van der Waals surface area contributed by atoms with Crippen LogP contribution in [0.3, 0.4) is 0 Å². The van der Waals surface area contributed by atoms with Gasteiger partial charge in [-0.2, -0.15) is 0 Å². The number of nitrogens with two attached hydrogens (primary N) is 1. The lowest BCUT2D eigenvalue weighted by Crippen LogP contribution is -2.42. The summed E-state index contributed by atoms with van der Waals surface area (Å²) in [6.07, 6.45) is -0.0329. The smallest absolute Gasteiger partial charge is 0.267 e. The molecular weight excluding hydrogens is 472 g/mol. The molecule has 1 atom stereocenters. The second kappa shape index (κ2) is 9.71. The Balaban J connectivity index is 0.00000341. The van der Waals surface area contributed by atoms with Gasteiger partial charge < -0.3 is 15.8 Å². The summed E-state index contributed by atoms with van der Waals surface area (Å²) in [6, 6.07) is 7.45. The minimum absolute atomic E-state index is 0. The van der Waals surface area contributed by atoms with E-state index in [0.29, 0.717) is 15.6 Å². The number of carbonyl (C=O) groups is 2. The lowest BCUT2D eigenvalue weighted by atomic mass is 9.97. The molecule has 3 rings (SSSR count). The topological polar surface area (TPSA) is 119 Å². The van der Waals surface area contributed by atoms with E-state index in [1.54, 1.807) is 0 Å². The van der Waals surface area contributed by atoms with Crippen molar-refractivity contribution >= 4 is 51.5 Å². The number of halogens is 3. The summed E-state index contributed by atoms with van der Waals surface area (Å²) in [5.74, 6) is -2.57. The number of rotatable bonds is 5. The molecular formula is C19H20Cl2FN3O5S. The van der Waals surface area contributed by atoms with Crippen LogP contribution in [-0.4, -0.2) is 44.7 Å². The zero-order valence-electron chi connectivity index (χ0n) is 16.3. The van der Waals surface area contributed by atoms with Crippen molar-refractivity contribution in [1.29, 1.82) is 0 Å².